The molecular formula is C13H18ClN3O. The van der Waals surface area contributed by atoms with Gasteiger partial charge in [-0.3, -0.25) is 4.68 Å². The first-order valence-corrected chi connectivity index (χ1v) is 6.59. The van der Waals surface area contributed by atoms with E-state index in [0.29, 0.717) is 5.02 Å². The van der Waals surface area contributed by atoms with E-state index in [1.54, 1.807) is 12.5 Å². The van der Waals surface area contributed by atoms with Crippen LogP contribution in [0, 0.1) is 0 Å². The molecule has 2 rings (SSSR count). The third-order valence-electron chi connectivity index (χ3n) is 3.00. The summed E-state index contributed by atoms with van der Waals surface area (Å²) in [6.45, 7) is 4.95. The van der Waals surface area contributed by atoms with Crippen LogP contribution in [0.2, 0.25) is 5.02 Å². The van der Waals surface area contributed by atoms with Gasteiger partial charge in [-0.15, -0.1) is 0 Å². The summed E-state index contributed by atoms with van der Waals surface area (Å²) in [5.74, 6) is 0.905. The van der Waals surface area contributed by atoms with Crippen LogP contribution in [-0.4, -0.2) is 9.78 Å². The number of hydrogen-bond donors (Lipinski definition) is 1. The zero-order chi connectivity index (χ0) is 13.1. The minimum atomic E-state index is -0.291. The van der Waals surface area contributed by atoms with E-state index in [9.17, 15) is 0 Å². The highest BCUT2D eigenvalue weighted by molar-refractivity contribution is 6.31. The van der Waals surface area contributed by atoms with Gasteiger partial charge in [0.1, 0.15) is 5.76 Å². The predicted molar refractivity (Wildman–Crippen MR) is 71.6 cm³/mol. The van der Waals surface area contributed by atoms with Gasteiger partial charge in [0.2, 0.25) is 0 Å². The third-order valence-corrected chi connectivity index (χ3v) is 3.29. The van der Waals surface area contributed by atoms with Gasteiger partial charge < -0.3 is 10.2 Å². The molecule has 0 spiro atoms. The lowest BCUT2D eigenvalue weighted by Crippen LogP contribution is -2.18. The van der Waals surface area contributed by atoms with Gasteiger partial charge in [-0.1, -0.05) is 25.4 Å². The summed E-state index contributed by atoms with van der Waals surface area (Å²) in [5, 5.41) is 4.88. The zero-order valence-corrected chi connectivity index (χ0v) is 11.4. The number of nitrogens with zero attached hydrogens (tertiary/aromatic N) is 2. The Morgan fingerprint density at radius 3 is 2.94 bits per heavy atom. The Kier molecular flexibility index (Phi) is 4.09. The lowest BCUT2D eigenvalue weighted by molar-refractivity contribution is 0.504. The topological polar surface area (TPSA) is 57.0 Å². The minimum absolute atomic E-state index is 0.291. The first-order valence-electron chi connectivity index (χ1n) is 6.22. The fourth-order valence-electron chi connectivity index (χ4n) is 2.13. The summed E-state index contributed by atoms with van der Waals surface area (Å²) in [5.41, 5.74) is 8.15. The molecule has 1 unspecified atom stereocenters. The largest absolute Gasteiger partial charge is 0.469 e. The van der Waals surface area contributed by atoms with Gasteiger partial charge >= 0.3 is 0 Å². The molecule has 0 aliphatic heterocycles. The second kappa shape index (κ2) is 5.59. The molecule has 2 N–H and O–H groups in total. The molecule has 0 fully saturated rings. The Morgan fingerprint density at radius 2 is 2.28 bits per heavy atom. The van der Waals surface area contributed by atoms with Crippen molar-refractivity contribution in [3.8, 4) is 0 Å². The van der Waals surface area contributed by atoms with Crippen LogP contribution in [0.15, 0.2) is 22.9 Å². The molecule has 4 nitrogen and oxygen atoms in total. The van der Waals surface area contributed by atoms with Crippen LogP contribution < -0.4 is 5.73 Å². The van der Waals surface area contributed by atoms with Gasteiger partial charge in [0.15, 0.2) is 0 Å². The summed E-state index contributed by atoms with van der Waals surface area (Å²) in [7, 11) is 0. The fraction of sp³-hybridized carbons (Fsp3) is 0.462. The summed E-state index contributed by atoms with van der Waals surface area (Å²) >= 11 is 6.19. The average molecular weight is 268 g/mol. The van der Waals surface area contributed by atoms with Gasteiger partial charge in [-0.05, 0) is 12.5 Å². The first-order chi connectivity index (χ1) is 8.69. The van der Waals surface area contributed by atoms with Crippen LogP contribution in [0.3, 0.4) is 0 Å². The number of aryl methyl sites for hydroxylation is 2. The van der Waals surface area contributed by atoms with Crippen molar-refractivity contribution in [1.82, 2.24) is 9.78 Å². The van der Waals surface area contributed by atoms with Crippen molar-refractivity contribution in [3.63, 3.8) is 0 Å². The second-order valence-electron chi connectivity index (χ2n) is 4.23. The number of rotatable bonds is 5. The molecule has 0 saturated carbocycles. The van der Waals surface area contributed by atoms with Crippen molar-refractivity contribution >= 4 is 11.6 Å². The molecule has 5 heteroatoms. The molecule has 1 atom stereocenters. The standard InChI is InChI=1S/C13H18ClN3O/c1-3-6-17-13(10(14)8-16-17)12(15)9-5-7-18-11(9)4-2/h5,7-8,12H,3-4,6,15H2,1-2H3. The van der Waals surface area contributed by atoms with Crippen molar-refractivity contribution in [2.45, 2.75) is 39.3 Å². The number of hydrogen-bond acceptors (Lipinski definition) is 3. The normalized spacial score (nSPS) is 12.9. The number of aromatic nitrogens is 2. The van der Waals surface area contributed by atoms with E-state index in [4.69, 9.17) is 21.8 Å². The van der Waals surface area contributed by atoms with Gasteiger partial charge in [-0.2, -0.15) is 5.10 Å². The van der Waals surface area contributed by atoms with Crippen LogP contribution in [0.5, 0.6) is 0 Å². The van der Waals surface area contributed by atoms with E-state index in [1.165, 1.54) is 0 Å². The summed E-state index contributed by atoms with van der Waals surface area (Å²) in [6.07, 6.45) is 5.12. The van der Waals surface area contributed by atoms with Crippen LogP contribution >= 0.6 is 11.6 Å². The quantitative estimate of drug-likeness (QED) is 0.905. The summed E-state index contributed by atoms with van der Waals surface area (Å²) < 4.78 is 7.29. The Morgan fingerprint density at radius 1 is 1.50 bits per heavy atom. The molecule has 2 heterocycles. The second-order valence-corrected chi connectivity index (χ2v) is 4.64. The number of halogens is 1. The first kappa shape index (κ1) is 13.2. The molecule has 0 aliphatic carbocycles. The lowest BCUT2D eigenvalue weighted by atomic mass is 10.0. The molecule has 0 saturated heterocycles. The molecule has 2 aromatic heterocycles. The maximum absolute atomic E-state index is 6.31. The van der Waals surface area contributed by atoms with Crippen molar-refractivity contribution in [3.05, 3.63) is 40.6 Å². The van der Waals surface area contributed by atoms with Crippen LogP contribution in [-0.2, 0) is 13.0 Å². The highest BCUT2D eigenvalue weighted by Crippen LogP contribution is 2.29. The monoisotopic (exact) mass is 267 g/mol. The van der Waals surface area contributed by atoms with E-state index in [0.717, 1.165) is 36.4 Å². The smallest absolute Gasteiger partial charge is 0.108 e. The molecular weight excluding hydrogens is 250 g/mol. The molecule has 98 valence electrons. The average Bonchev–Trinajstić information content (AvgIpc) is 2.96. The minimum Gasteiger partial charge on any atom is -0.469 e. The molecule has 0 aromatic carbocycles. The van der Waals surface area contributed by atoms with E-state index < -0.39 is 0 Å². The SMILES string of the molecule is CCCn1ncc(Cl)c1C(N)c1ccoc1CC. The van der Waals surface area contributed by atoms with Crippen molar-refractivity contribution < 1.29 is 4.42 Å². The van der Waals surface area contributed by atoms with E-state index in [2.05, 4.69) is 12.0 Å². The maximum atomic E-state index is 6.31. The lowest BCUT2D eigenvalue weighted by Gasteiger charge is -2.14. The molecule has 0 amide bonds. The zero-order valence-electron chi connectivity index (χ0n) is 10.7. The number of nitrogens with two attached hydrogens (primary N) is 1. The van der Waals surface area contributed by atoms with Gasteiger partial charge in [0.25, 0.3) is 0 Å². The van der Waals surface area contributed by atoms with Crippen molar-refractivity contribution in [1.29, 1.82) is 0 Å². The summed E-state index contributed by atoms with van der Waals surface area (Å²) in [4.78, 5) is 0. The molecule has 0 bridgehead atoms. The van der Waals surface area contributed by atoms with Gasteiger partial charge in [0.05, 0.1) is 29.2 Å². The molecule has 2 aromatic rings. The maximum Gasteiger partial charge on any atom is 0.108 e. The highest BCUT2D eigenvalue weighted by atomic mass is 35.5. The van der Waals surface area contributed by atoms with Crippen LogP contribution in [0.25, 0.3) is 0 Å². The molecule has 18 heavy (non-hydrogen) atoms. The molecule has 0 aliphatic rings. The van der Waals surface area contributed by atoms with Crippen molar-refractivity contribution in [2.75, 3.05) is 0 Å². The molecule has 0 radical (unpaired) electrons. The van der Waals surface area contributed by atoms with E-state index >= 15 is 0 Å². The van der Waals surface area contributed by atoms with Crippen molar-refractivity contribution in [2.24, 2.45) is 5.73 Å². The highest BCUT2D eigenvalue weighted by Gasteiger charge is 2.21. The fourth-order valence-corrected chi connectivity index (χ4v) is 2.39. The van der Waals surface area contributed by atoms with Gasteiger partial charge in [0, 0.05) is 18.5 Å². The van der Waals surface area contributed by atoms with Crippen LogP contribution in [0.1, 0.15) is 43.3 Å². The van der Waals surface area contributed by atoms with Gasteiger partial charge in [-0.25, -0.2) is 0 Å². The third kappa shape index (κ3) is 2.31. The van der Waals surface area contributed by atoms with E-state index in [-0.39, 0.29) is 6.04 Å². The Hall–Kier alpha value is -1.26. The predicted octanol–water partition coefficient (Wildman–Crippen LogP) is 3.15. The Balaban J connectivity index is 2.39. The van der Waals surface area contributed by atoms with Crippen LogP contribution in [0.4, 0.5) is 0 Å². The number of furan rings is 1. The van der Waals surface area contributed by atoms with E-state index in [1.807, 2.05) is 17.7 Å². The Bertz CT molecular complexity index is 518. The summed E-state index contributed by atoms with van der Waals surface area (Å²) in [6, 6.07) is 1.61. The Labute approximate surface area is 112 Å².